The summed E-state index contributed by atoms with van der Waals surface area (Å²) in [7, 11) is 1.61. The molecule has 148 valence electrons. The lowest BCUT2D eigenvalue weighted by atomic mass is 9.94. The molecule has 3 N–H and O–H groups in total. The number of halogens is 1. The van der Waals surface area contributed by atoms with Crippen molar-refractivity contribution in [2.45, 2.75) is 39.3 Å². The molecule has 0 aromatic heterocycles. The maximum absolute atomic E-state index is 10.0. The Morgan fingerprint density at radius 1 is 1.15 bits per heavy atom. The number of methoxy groups -OCH3 is 1. The number of nitrogens with zero attached hydrogens (tertiary/aromatic N) is 1. The molecule has 0 spiro atoms. The predicted molar refractivity (Wildman–Crippen MR) is 122 cm³/mol. The fraction of sp³-hybridized carbons (Fsp3) is 0.381. The summed E-state index contributed by atoms with van der Waals surface area (Å²) in [5.74, 6) is 1.99. The maximum Gasteiger partial charge on any atom is 0.191 e. The van der Waals surface area contributed by atoms with E-state index in [4.69, 9.17) is 4.74 Å². The molecule has 0 amide bonds. The number of phenols is 1. The Hall–Kier alpha value is -1.96. The zero-order chi connectivity index (χ0) is 18.9. The van der Waals surface area contributed by atoms with Crippen LogP contribution in [0.15, 0.2) is 53.5 Å². The standard InChI is InChI=1S/C21H29N3O2.HI/c1-5-22-21(23-14-18-13-19(26-4)11-12-20(18)25)24-16(3)15(2)17-9-7-6-8-10-17;/h6-13,15-16,25H,5,14H2,1-4H3,(H2,22,23,24);1H. The summed E-state index contributed by atoms with van der Waals surface area (Å²) in [4.78, 5) is 4.61. The topological polar surface area (TPSA) is 65.9 Å². The van der Waals surface area contributed by atoms with Crippen LogP contribution in [0.2, 0.25) is 0 Å². The van der Waals surface area contributed by atoms with Crippen LogP contribution in [0.25, 0.3) is 0 Å². The molecule has 0 aliphatic rings. The Bertz CT molecular complexity index is 723. The van der Waals surface area contributed by atoms with E-state index in [0.717, 1.165) is 18.1 Å². The van der Waals surface area contributed by atoms with Crippen LogP contribution in [-0.4, -0.2) is 30.8 Å². The average molecular weight is 483 g/mol. The van der Waals surface area contributed by atoms with Gasteiger partial charge in [-0.2, -0.15) is 0 Å². The Labute approximate surface area is 179 Å². The van der Waals surface area contributed by atoms with E-state index >= 15 is 0 Å². The fourth-order valence-corrected chi connectivity index (χ4v) is 2.69. The van der Waals surface area contributed by atoms with E-state index in [2.05, 4.69) is 53.7 Å². The quantitative estimate of drug-likeness (QED) is 0.313. The molecule has 0 aliphatic heterocycles. The van der Waals surface area contributed by atoms with Crippen LogP contribution in [0.1, 0.15) is 37.8 Å². The number of phenolic OH excluding ortho intramolecular Hbond substituents is 1. The van der Waals surface area contributed by atoms with Gasteiger partial charge < -0.3 is 20.5 Å². The van der Waals surface area contributed by atoms with Crippen LogP contribution in [0.4, 0.5) is 0 Å². The molecule has 0 saturated heterocycles. The van der Waals surface area contributed by atoms with Crippen LogP contribution in [0.3, 0.4) is 0 Å². The van der Waals surface area contributed by atoms with Gasteiger partial charge in [0.2, 0.25) is 0 Å². The zero-order valence-electron chi connectivity index (χ0n) is 16.4. The smallest absolute Gasteiger partial charge is 0.191 e. The van der Waals surface area contributed by atoms with Crippen molar-refractivity contribution in [3.63, 3.8) is 0 Å². The highest BCUT2D eigenvalue weighted by Crippen LogP contribution is 2.23. The lowest BCUT2D eigenvalue weighted by Gasteiger charge is -2.24. The van der Waals surface area contributed by atoms with Gasteiger partial charge in [-0.1, -0.05) is 37.3 Å². The molecule has 0 heterocycles. The van der Waals surface area contributed by atoms with Gasteiger partial charge in [-0.15, -0.1) is 24.0 Å². The molecular weight excluding hydrogens is 453 g/mol. The van der Waals surface area contributed by atoms with Gasteiger partial charge in [0.1, 0.15) is 11.5 Å². The molecule has 6 heteroatoms. The molecule has 2 atom stereocenters. The van der Waals surface area contributed by atoms with Crippen molar-refractivity contribution >= 4 is 29.9 Å². The van der Waals surface area contributed by atoms with E-state index in [1.807, 2.05) is 13.0 Å². The third-order valence-corrected chi connectivity index (χ3v) is 4.48. The van der Waals surface area contributed by atoms with E-state index < -0.39 is 0 Å². The molecule has 2 rings (SSSR count). The number of aliphatic imine (C=N–C) groups is 1. The molecule has 0 bridgehead atoms. The van der Waals surface area contributed by atoms with Gasteiger partial charge in [-0.05, 0) is 37.6 Å². The lowest BCUT2D eigenvalue weighted by molar-refractivity contribution is 0.411. The van der Waals surface area contributed by atoms with Crippen LogP contribution < -0.4 is 15.4 Å². The number of aromatic hydroxyl groups is 1. The largest absolute Gasteiger partial charge is 0.508 e. The van der Waals surface area contributed by atoms with Crippen LogP contribution in [0, 0.1) is 0 Å². The summed E-state index contributed by atoms with van der Waals surface area (Å²) >= 11 is 0. The van der Waals surface area contributed by atoms with Crippen molar-refractivity contribution in [1.82, 2.24) is 10.6 Å². The molecule has 2 aromatic rings. The highest BCUT2D eigenvalue weighted by molar-refractivity contribution is 14.0. The molecule has 5 nitrogen and oxygen atoms in total. The highest BCUT2D eigenvalue weighted by Gasteiger charge is 2.15. The number of ether oxygens (including phenoxy) is 1. The number of hydrogen-bond acceptors (Lipinski definition) is 3. The van der Waals surface area contributed by atoms with E-state index in [1.54, 1.807) is 25.3 Å². The van der Waals surface area contributed by atoms with Gasteiger partial charge >= 0.3 is 0 Å². The van der Waals surface area contributed by atoms with E-state index in [9.17, 15) is 5.11 Å². The van der Waals surface area contributed by atoms with Crippen LogP contribution in [0.5, 0.6) is 11.5 Å². The minimum Gasteiger partial charge on any atom is -0.508 e. The SMILES string of the molecule is CCNC(=NCc1cc(OC)ccc1O)NC(C)C(C)c1ccccc1.I. The van der Waals surface area contributed by atoms with Gasteiger partial charge in [0.25, 0.3) is 0 Å². The van der Waals surface area contributed by atoms with Gasteiger partial charge in [-0.25, -0.2) is 4.99 Å². The van der Waals surface area contributed by atoms with Crippen molar-refractivity contribution in [1.29, 1.82) is 0 Å². The lowest BCUT2D eigenvalue weighted by Crippen LogP contribution is -2.44. The van der Waals surface area contributed by atoms with E-state index in [0.29, 0.717) is 18.2 Å². The number of hydrogen-bond donors (Lipinski definition) is 3. The second kappa shape index (κ2) is 11.7. The number of nitrogens with one attached hydrogen (secondary N) is 2. The minimum absolute atomic E-state index is 0. The van der Waals surface area contributed by atoms with Gasteiger partial charge in [0.05, 0.1) is 13.7 Å². The molecule has 2 aromatic carbocycles. The molecule has 0 radical (unpaired) electrons. The van der Waals surface area contributed by atoms with Crippen molar-refractivity contribution < 1.29 is 9.84 Å². The van der Waals surface area contributed by atoms with Gasteiger partial charge in [0, 0.05) is 24.1 Å². The Morgan fingerprint density at radius 2 is 1.85 bits per heavy atom. The van der Waals surface area contributed by atoms with Crippen molar-refractivity contribution in [3.05, 3.63) is 59.7 Å². The number of rotatable bonds is 7. The van der Waals surface area contributed by atoms with Crippen LogP contribution in [-0.2, 0) is 6.54 Å². The molecule has 27 heavy (non-hydrogen) atoms. The van der Waals surface area contributed by atoms with Gasteiger partial charge in [0.15, 0.2) is 5.96 Å². The minimum atomic E-state index is 0. The maximum atomic E-state index is 10.0. The Balaban J connectivity index is 0.00000364. The van der Waals surface area contributed by atoms with Gasteiger partial charge in [-0.3, -0.25) is 0 Å². The summed E-state index contributed by atoms with van der Waals surface area (Å²) in [5, 5.41) is 16.8. The monoisotopic (exact) mass is 483 g/mol. The third-order valence-electron chi connectivity index (χ3n) is 4.48. The molecule has 0 fully saturated rings. The van der Waals surface area contributed by atoms with E-state index in [-0.39, 0.29) is 35.8 Å². The predicted octanol–water partition coefficient (Wildman–Crippen LogP) is 4.27. The Morgan fingerprint density at radius 3 is 2.48 bits per heavy atom. The third kappa shape index (κ3) is 6.93. The molecule has 0 aliphatic carbocycles. The summed E-state index contributed by atoms with van der Waals surface area (Å²) in [6.45, 7) is 7.51. The summed E-state index contributed by atoms with van der Waals surface area (Å²) in [6.07, 6.45) is 0. The summed E-state index contributed by atoms with van der Waals surface area (Å²) < 4.78 is 5.22. The zero-order valence-corrected chi connectivity index (χ0v) is 18.7. The molecule has 2 unspecified atom stereocenters. The fourth-order valence-electron chi connectivity index (χ4n) is 2.69. The number of guanidine groups is 1. The first kappa shape index (κ1) is 23.1. The highest BCUT2D eigenvalue weighted by atomic mass is 127. The molecule has 0 saturated carbocycles. The normalized spacial score (nSPS) is 13.3. The first-order valence-electron chi connectivity index (χ1n) is 9.00. The Kier molecular flexibility index (Phi) is 9.99. The summed E-state index contributed by atoms with van der Waals surface area (Å²) in [6, 6.07) is 15.8. The van der Waals surface area contributed by atoms with Crippen molar-refractivity contribution in [2.75, 3.05) is 13.7 Å². The second-order valence-corrected chi connectivity index (χ2v) is 6.32. The first-order valence-corrected chi connectivity index (χ1v) is 9.00. The second-order valence-electron chi connectivity index (χ2n) is 6.32. The van der Waals surface area contributed by atoms with Crippen molar-refractivity contribution in [3.8, 4) is 11.5 Å². The van der Waals surface area contributed by atoms with E-state index in [1.165, 1.54) is 5.56 Å². The van der Waals surface area contributed by atoms with Crippen molar-refractivity contribution in [2.24, 2.45) is 4.99 Å². The first-order chi connectivity index (χ1) is 12.5. The van der Waals surface area contributed by atoms with Crippen LogP contribution >= 0.6 is 24.0 Å². The molecular formula is C21H30IN3O2. The average Bonchev–Trinajstić information content (AvgIpc) is 2.67. The summed E-state index contributed by atoms with van der Waals surface area (Å²) in [5.41, 5.74) is 2.01. The number of benzene rings is 2.